The van der Waals surface area contributed by atoms with Crippen molar-refractivity contribution < 1.29 is 18.3 Å². The van der Waals surface area contributed by atoms with Crippen LogP contribution in [-0.4, -0.2) is 53.2 Å². The van der Waals surface area contributed by atoms with E-state index in [0.717, 1.165) is 31.3 Å². The Morgan fingerprint density at radius 1 is 1.29 bits per heavy atom. The van der Waals surface area contributed by atoms with E-state index in [0.29, 0.717) is 17.8 Å². The van der Waals surface area contributed by atoms with Gasteiger partial charge in [0.1, 0.15) is 12.3 Å². The maximum absolute atomic E-state index is 13.4. The van der Waals surface area contributed by atoms with Crippen LogP contribution in [0.5, 0.6) is 5.88 Å². The predicted molar refractivity (Wildman–Crippen MR) is 129 cm³/mol. The van der Waals surface area contributed by atoms with Crippen molar-refractivity contribution in [2.24, 2.45) is 5.10 Å². The monoisotopic (exact) mass is 471 g/mol. The first-order chi connectivity index (χ1) is 16.1. The fourth-order valence-corrected chi connectivity index (χ4v) is 3.14. The van der Waals surface area contributed by atoms with Gasteiger partial charge in [-0.3, -0.25) is 9.80 Å². The number of amides is 1. The molecule has 0 saturated carbocycles. The summed E-state index contributed by atoms with van der Waals surface area (Å²) in [5.74, 6) is 2.63. The van der Waals surface area contributed by atoms with Crippen molar-refractivity contribution in [3.63, 3.8) is 0 Å². The summed E-state index contributed by atoms with van der Waals surface area (Å²) < 4.78 is 32.2. The number of hydrazone groups is 1. The van der Waals surface area contributed by atoms with E-state index < -0.39 is 11.6 Å². The predicted octanol–water partition coefficient (Wildman–Crippen LogP) is 4.66. The molecule has 0 aliphatic carbocycles. The Morgan fingerprint density at radius 3 is 2.62 bits per heavy atom. The van der Waals surface area contributed by atoms with Gasteiger partial charge in [0.05, 0.1) is 35.9 Å². The van der Waals surface area contributed by atoms with Gasteiger partial charge in [-0.25, -0.2) is 9.97 Å². The van der Waals surface area contributed by atoms with E-state index in [9.17, 15) is 13.6 Å². The van der Waals surface area contributed by atoms with Gasteiger partial charge < -0.3 is 9.64 Å². The van der Waals surface area contributed by atoms with Gasteiger partial charge in [-0.2, -0.15) is 13.9 Å². The van der Waals surface area contributed by atoms with Gasteiger partial charge in [-0.1, -0.05) is 24.8 Å². The number of carbonyl (C=O) groups is 1. The molecule has 0 N–H and O–H groups in total. The minimum absolute atomic E-state index is 0.113. The number of aryl methyl sites for hydroxylation is 1. The highest BCUT2D eigenvalue weighted by molar-refractivity contribution is 6.00. The van der Waals surface area contributed by atoms with Crippen LogP contribution < -0.4 is 9.75 Å². The zero-order valence-corrected chi connectivity index (χ0v) is 20.5. The van der Waals surface area contributed by atoms with Crippen LogP contribution in [0.1, 0.15) is 55.7 Å². The highest BCUT2D eigenvalue weighted by atomic mass is 19.3. The molecule has 34 heavy (non-hydrogen) atoms. The average molecular weight is 472 g/mol. The highest BCUT2D eigenvalue weighted by Crippen LogP contribution is 2.26. The first kappa shape index (κ1) is 26.7. The number of ether oxygens (including phenoxy) is 1. The number of rotatable bonds is 9. The maximum Gasteiger partial charge on any atom is 0.288 e. The van der Waals surface area contributed by atoms with Gasteiger partial charge in [-0.15, -0.1) is 0 Å². The summed E-state index contributed by atoms with van der Waals surface area (Å²) in [5, 5.41) is 5.94. The van der Waals surface area contributed by atoms with Gasteiger partial charge >= 0.3 is 0 Å². The van der Waals surface area contributed by atoms with Crippen LogP contribution in [0.25, 0.3) is 0 Å². The van der Waals surface area contributed by atoms with Crippen molar-refractivity contribution in [3.8, 4) is 17.7 Å². The second-order valence-electron chi connectivity index (χ2n) is 7.84. The van der Waals surface area contributed by atoms with Crippen LogP contribution in [-0.2, 0) is 5.92 Å². The smallest absolute Gasteiger partial charge is 0.288 e. The summed E-state index contributed by atoms with van der Waals surface area (Å²) in [4.78, 5) is 22.7. The highest BCUT2D eigenvalue weighted by Gasteiger charge is 2.27. The Kier molecular flexibility index (Phi) is 9.48. The number of nitrogens with zero attached hydrogens (tertiary/aromatic N) is 5. The minimum atomic E-state index is -3.07. The van der Waals surface area contributed by atoms with E-state index in [2.05, 4.69) is 26.9 Å². The Morgan fingerprint density at radius 2 is 2.03 bits per heavy atom. The fraction of sp³-hybridized carbons (Fsp3) is 0.440. The van der Waals surface area contributed by atoms with Crippen LogP contribution in [0.15, 0.2) is 35.7 Å². The molecule has 1 amide bonds. The molecule has 1 atom stereocenters. The summed E-state index contributed by atoms with van der Waals surface area (Å²) >= 11 is 0. The number of hydrogen-bond acceptors (Lipinski definition) is 6. The van der Waals surface area contributed by atoms with Crippen molar-refractivity contribution in [3.05, 3.63) is 47.4 Å². The molecule has 2 rings (SSSR count). The Balaban J connectivity index is 2.17. The van der Waals surface area contributed by atoms with E-state index in [4.69, 9.17) is 4.74 Å². The Hall–Kier alpha value is -3.54. The molecule has 0 spiro atoms. The summed E-state index contributed by atoms with van der Waals surface area (Å²) in [6, 6.07) is 5.24. The Labute approximate surface area is 199 Å². The number of aromatic nitrogens is 2. The first-order valence-electron chi connectivity index (χ1n) is 11.1. The molecule has 0 saturated heterocycles. The van der Waals surface area contributed by atoms with E-state index in [1.807, 2.05) is 39.8 Å². The first-order valence-corrected chi connectivity index (χ1v) is 11.1. The third-order valence-electron chi connectivity index (χ3n) is 4.99. The maximum atomic E-state index is 13.4. The van der Waals surface area contributed by atoms with Crippen molar-refractivity contribution in [1.82, 2.24) is 14.9 Å². The van der Waals surface area contributed by atoms with Gasteiger partial charge in [0, 0.05) is 26.9 Å². The molecule has 1 heterocycles. The molecule has 182 valence electrons. The lowest BCUT2D eigenvalue weighted by molar-refractivity contribution is 0.0121. The van der Waals surface area contributed by atoms with Crippen LogP contribution in [0.3, 0.4) is 0 Å². The number of anilines is 1. The van der Waals surface area contributed by atoms with Crippen LogP contribution in [0.4, 0.5) is 14.5 Å². The van der Waals surface area contributed by atoms with Crippen molar-refractivity contribution in [2.75, 3.05) is 25.2 Å². The van der Waals surface area contributed by atoms with Crippen LogP contribution in [0, 0.1) is 18.8 Å². The van der Waals surface area contributed by atoms with Gasteiger partial charge in [0.2, 0.25) is 5.88 Å². The third-order valence-corrected chi connectivity index (χ3v) is 4.99. The zero-order chi connectivity index (χ0) is 25.3. The molecule has 1 unspecified atom stereocenters. The van der Waals surface area contributed by atoms with Crippen molar-refractivity contribution in [2.45, 2.75) is 53.0 Å². The van der Waals surface area contributed by atoms with E-state index >= 15 is 0 Å². The third kappa shape index (κ3) is 7.24. The molecule has 9 heteroatoms. The molecule has 0 aliphatic rings. The molecule has 0 fully saturated rings. The standard InChI is InChI=1S/C25H31F2N5O2/c1-7-9-10-13-30-31(6)21-14-18(3)11-12-20(21)24(33)32(8-2)19(4)17-34-23-16-28-22(15-29-23)25(5,26)27/h11-16,19H,7-8,17H2,1-6H3/b30-13-. The van der Waals surface area contributed by atoms with Crippen LogP contribution in [0.2, 0.25) is 0 Å². The van der Waals surface area contributed by atoms with Crippen molar-refractivity contribution in [1.29, 1.82) is 0 Å². The molecule has 2 aromatic rings. The largest absolute Gasteiger partial charge is 0.474 e. The molecule has 0 aliphatic heterocycles. The topological polar surface area (TPSA) is 70.9 Å². The molecule has 0 radical (unpaired) electrons. The summed E-state index contributed by atoms with van der Waals surface area (Å²) in [5.41, 5.74) is 1.72. The van der Waals surface area contributed by atoms with Gasteiger partial charge in [0.25, 0.3) is 11.8 Å². The fourth-order valence-electron chi connectivity index (χ4n) is 3.14. The number of halogens is 2. The SMILES string of the molecule is CCC#C/C=N\N(C)c1cc(C)ccc1C(=O)N(CC)C(C)COc1cnc(C(C)(F)F)cn1. The number of alkyl halides is 2. The zero-order valence-electron chi connectivity index (χ0n) is 20.5. The second-order valence-corrected chi connectivity index (χ2v) is 7.84. The van der Waals surface area contributed by atoms with Gasteiger partial charge in [-0.05, 0) is 38.5 Å². The van der Waals surface area contributed by atoms with Crippen LogP contribution >= 0.6 is 0 Å². The number of likely N-dealkylation sites (N-methyl/N-ethyl adjacent to an activating group) is 1. The molecule has 1 aromatic carbocycles. The lowest BCUT2D eigenvalue weighted by Gasteiger charge is -2.29. The quantitative estimate of drug-likeness (QED) is 0.302. The Bertz CT molecular complexity index is 1060. The molecule has 0 bridgehead atoms. The number of carbonyl (C=O) groups excluding carboxylic acids is 1. The van der Waals surface area contributed by atoms with Gasteiger partial charge in [0.15, 0.2) is 0 Å². The number of hydrogen-bond donors (Lipinski definition) is 0. The van der Waals surface area contributed by atoms with E-state index in [1.54, 1.807) is 23.0 Å². The lowest BCUT2D eigenvalue weighted by atomic mass is 10.1. The normalized spacial score (nSPS) is 12.1. The summed E-state index contributed by atoms with van der Waals surface area (Å²) in [6.07, 6.45) is 4.39. The van der Waals surface area contributed by atoms with Crippen molar-refractivity contribution >= 4 is 17.8 Å². The van der Waals surface area contributed by atoms with E-state index in [1.165, 1.54) is 6.21 Å². The lowest BCUT2D eigenvalue weighted by Crippen LogP contribution is -2.42. The summed E-state index contributed by atoms with van der Waals surface area (Å²) in [6.45, 7) is 8.95. The molecular weight excluding hydrogens is 440 g/mol. The van der Waals surface area contributed by atoms with E-state index in [-0.39, 0.29) is 24.4 Å². The average Bonchev–Trinajstić information content (AvgIpc) is 2.80. The second kappa shape index (κ2) is 12.1. The number of benzene rings is 1. The molecule has 7 nitrogen and oxygen atoms in total. The summed E-state index contributed by atoms with van der Waals surface area (Å²) in [7, 11) is 1.76. The molecule has 1 aromatic heterocycles. The molecular formula is C25H31F2N5O2. The minimum Gasteiger partial charge on any atom is -0.474 e.